The van der Waals surface area contributed by atoms with Crippen molar-refractivity contribution in [2.45, 2.75) is 25.7 Å². The number of pyridine rings is 1. The van der Waals surface area contributed by atoms with Gasteiger partial charge < -0.3 is 14.9 Å². The fraction of sp³-hybridized carbons (Fsp3) is 0.241. The molecule has 2 N–H and O–H groups in total. The number of hydrogen-bond donors (Lipinski definition) is 2. The molecule has 42 heavy (non-hydrogen) atoms. The summed E-state index contributed by atoms with van der Waals surface area (Å²) in [5.41, 5.74) is 3.48. The second-order valence-electron chi connectivity index (χ2n) is 9.82. The average Bonchev–Trinajstić information content (AvgIpc) is 2.87. The molecule has 1 aliphatic rings. The van der Waals surface area contributed by atoms with Gasteiger partial charge in [-0.15, -0.1) is 37.2 Å². The highest BCUT2D eigenvalue weighted by molar-refractivity contribution is 7.92. The Kier molecular flexibility index (Phi) is 11.4. The molecule has 0 atom stereocenters. The molecule has 13 heteroatoms. The third-order valence-corrected chi connectivity index (χ3v) is 8.63. The van der Waals surface area contributed by atoms with E-state index in [1.54, 1.807) is 44.2 Å². The summed E-state index contributed by atoms with van der Waals surface area (Å²) in [5.74, 6) is -0.909. The number of nitrogens with one attached hydrogen (secondary N) is 1. The molecule has 8 nitrogen and oxygen atoms in total. The fourth-order valence-electron chi connectivity index (χ4n) is 5.30. The molecule has 0 saturated carbocycles. The molecule has 1 aromatic heterocycles. The quantitative estimate of drug-likeness (QED) is 0.248. The third kappa shape index (κ3) is 7.00. The molecule has 0 unspecified atom stereocenters. The summed E-state index contributed by atoms with van der Waals surface area (Å²) in [7, 11) is -3.91. The van der Waals surface area contributed by atoms with Crippen LogP contribution >= 0.6 is 37.2 Å². The minimum absolute atomic E-state index is 0. The first-order valence-electron chi connectivity index (χ1n) is 12.6. The number of aryl methyl sites for hydroxylation is 3. The van der Waals surface area contributed by atoms with Gasteiger partial charge in [0.1, 0.15) is 11.6 Å². The highest BCUT2D eigenvalue weighted by atomic mass is 35.5. The lowest BCUT2D eigenvalue weighted by Crippen LogP contribution is -2.47. The van der Waals surface area contributed by atoms with Crippen LogP contribution in [-0.2, 0) is 10.0 Å². The van der Waals surface area contributed by atoms with Gasteiger partial charge in [0.2, 0.25) is 0 Å². The summed E-state index contributed by atoms with van der Waals surface area (Å²) in [6, 6.07) is 16.5. The lowest BCUT2D eigenvalue weighted by Gasteiger charge is -2.37. The first kappa shape index (κ1) is 34.9. The standard InChI is InChI=1S/C29H29FN4O4S.3ClH/c1-18-14-19(2)28(20(3)15-18)39(37,38)32-21-8-9-25-22(16-21)23(29(35)36)17-27(31-25)34-12-10-33(11-13-34)26-7-5-4-6-24(26)30;;;/h4-9,14-17,32H,10-13H2,1-3H3,(H,35,36);3*1H. The molecule has 4 aromatic rings. The van der Waals surface area contributed by atoms with E-state index in [9.17, 15) is 22.7 Å². The van der Waals surface area contributed by atoms with Crippen molar-refractivity contribution >= 4 is 81.3 Å². The van der Waals surface area contributed by atoms with Crippen molar-refractivity contribution in [1.82, 2.24) is 4.98 Å². The zero-order valence-corrected chi connectivity index (χ0v) is 26.4. The maximum Gasteiger partial charge on any atom is 0.336 e. The molecule has 0 amide bonds. The smallest absolute Gasteiger partial charge is 0.336 e. The molecule has 3 aromatic carbocycles. The van der Waals surface area contributed by atoms with Crippen molar-refractivity contribution < 1.29 is 22.7 Å². The molecule has 0 spiro atoms. The monoisotopic (exact) mass is 656 g/mol. The van der Waals surface area contributed by atoms with E-state index in [1.165, 1.54) is 18.2 Å². The number of aromatic nitrogens is 1. The molecule has 5 rings (SSSR count). The molecule has 1 fully saturated rings. The largest absolute Gasteiger partial charge is 0.478 e. The van der Waals surface area contributed by atoms with E-state index in [0.717, 1.165) is 5.56 Å². The first-order chi connectivity index (χ1) is 18.5. The van der Waals surface area contributed by atoms with Crippen LogP contribution in [0.25, 0.3) is 10.9 Å². The normalized spacial score (nSPS) is 13.0. The first-order valence-corrected chi connectivity index (χ1v) is 14.0. The van der Waals surface area contributed by atoms with E-state index >= 15 is 0 Å². The Morgan fingerprint density at radius 3 is 2.07 bits per heavy atom. The van der Waals surface area contributed by atoms with Crippen LogP contribution < -0.4 is 14.5 Å². The number of carboxylic acid groups (broad SMARTS) is 1. The van der Waals surface area contributed by atoms with Gasteiger partial charge in [-0.3, -0.25) is 4.72 Å². The van der Waals surface area contributed by atoms with Gasteiger partial charge in [-0.25, -0.2) is 22.6 Å². The lowest BCUT2D eigenvalue weighted by atomic mass is 10.1. The van der Waals surface area contributed by atoms with E-state index in [0.29, 0.717) is 59.7 Å². The molecular weight excluding hydrogens is 626 g/mol. The van der Waals surface area contributed by atoms with E-state index in [4.69, 9.17) is 0 Å². The van der Waals surface area contributed by atoms with Gasteiger partial charge in [0.05, 0.1) is 21.7 Å². The Morgan fingerprint density at radius 1 is 0.881 bits per heavy atom. The number of benzene rings is 3. The van der Waals surface area contributed by atoms with Gasteiger partial charge >= 0.3 is 5.97 Å². The van der Waals surface area contributed by atoms with Crippen LogP contribution in [0.1, 0.15) is 27.0 Å². The number of carboxylic acids is 1. The summed E-state index contributed by atoms with van der Waals surface area (Å²) in [6.45, 7) is 7.60. The molecule has 2 heterocycles. The summed E-state index contributed by atoms with van der Waals surface area (Å²) < 4.78 is 43.3. The Balaban J connectivity index is 0.00000205. The molecule has 226 valence electrons. The second kappa shape index (κ2) is 13.8. The van der Waals surface area contributed by atoms with Gasteiger partial charge in [0.15, 0.2) is 0 Å². The molecular formula is C29H32Cl3FN4O4S. The SMILES string of the molecule is Cc1cc(C)c(S(=O)(=O)Nc2ccc3nc(N4CCN(c5ccccc5F)CC4)cc(C(=O)O)c3c2)c(C)c1.Cl.Cl.Cl. The minimum atomic E-state index is -3.91. The molecule has 1 aliphatic heterocycles. The van der Waals surface area contributed by atoms with E-state index < -0.39 is 16.0 Å². The van der Waals surface area contributed by atoms with Crippen LogP contribution in [-0.4, -0.2) is 50.7 Å². The predicted octanol–water partition coefficient (Wildman–Crippen LogP) is 6.39. The van der Waals surface area contributed by atoms with Gasteiger partial charge in [0.25, 0.3) is 10.0 Å². The minimum Gasteiger partial charge on any atom is -0.478 e. The Bertz CT molecular complexity index is 1690. The fourth-order valence-corrected chi connectivity index (χ4v) is 6.80. The van der Waals surface area contributed by atoms with Crippen LogP contribution in [0.3, 0.4) is 0 Å². The third-order valence-electron chi connectivity index (χ3n) is 6.95. The zero-order chi connectivity index (χ0) is 27.9. The van der Waals surface area contributed by atoms with Gasteiger partial charge in [-0.1, -0.05) is 29.8 Å². The number of aromatic carboxylic acids is 1. The molecule has 0 aliphatic carbocycles. The highest BCUT2D eigenvalue weighted by Gasteiger charge is 2.24. The summed E-state index contributed by atoms with van der Waals surface area (Å²) >= 11 is 0. The highest BCUT2D eigenvalue weighted by Crippen LogP contribution is 2.30. The summed E-state index contributed by atoms with van der Waals surface area (Å²) in [6.07, 6.45) is 0. The van der Waals surface area contributed by atoms with Crippen LogP contribution in [0.2, 0.25) is 0 Å². The number of hydrogen-bond acceptors (Lipinski definition) is 6. The average molecular weight is 658 g/mol. The van der Waals surface area contributed by atoms with E-state index in [1.807, 2.05) is 28.9 Å². The number of nitrogens with zero attached hydrogens (tertiary/aromatic N) is 3. The summed E-state index contributed by atoms with van der Waals surface area (Å²) in [4.78, 5) is 21.1. The number of piperazine rings is 1. The van der Waals surface area contributed by atoms with Crippen LogP contribution in [0.4, 0.5) is 21.6 Å². The maximum atomic E-state index is 14.2. The van der Waals surface area contributed by atoms with Crippen molar-refractivity contribution in [1.29, 1.82) is 0 Å². The van der Waals surface area contributed by atoms with Crippen LogP contribution in [0.15, 0.2) is 65.6 Å². The molecule has 0 radical (unpaired) electrons. The van der Waals surface area contributed by atoms with Crippen LogP contribution in [0.5, 0.6) is 0 Å². The second-order valence-corrected chi connectivity index (χ2v) is 11.4. The van der Waals surface area contributed by atoms with Gasteiger partial charge in [-0.05, 0) is 68.3 Å². The number of carbonyl (C=O) groups is 1. The Morgan fingerprint density at radius 2 is 1.48 bits per heavy atom. The van der Waals surface area contributed by atoms with Gasteiger partial charge in [0, 0.05) is 37.3 Å². The number of rotatable bonds is 6. The van der Waals surface area contributed by atoms with E-state index in [2.05, 4.69) is 9.71 Å². The maximum absolute atomic E-state index is 14.2. The predicted molar refractivity (Wildman–Crippen MR) is 173 cm³/mol. The number of sulfonamides is 1. The van der Waals surface area contributed by atoms with Crippen molar-refractivity contribution in [3.8, 4) is 0 Å². The van der Waals surface area contributed by atoms with Crippen molar-refractivity contribution in [2.75, 3.05) is 40.7 Å². The Hall–Kier alpha value is -3.31. The van der Waals surface area contributed by atoms with Crippen molar-refractivity contribution in [3.63, 3.8) is 0 Å². The van der Waals surface area contributed by atoms with Crippen molar-refractivity contribution in [2.24, 2.45) is 0 Å². The topological polar surface area (TPSA) is 103 Å². The van der Waals surface area contributed by atoms with Crippen molar-refractivity contribution in [3.05, 3.63) is 88.7 Å². The van der Waals surface area contributed by atoms with Crippen LogP contribution in [0, 0.1) is 26.6 Å². The molecule has 1 saturated heterocycles. The Labute approximate surface area is 263 Å². The number of halogens is 4. The van der Waals surface area contributed by atoms with Gasteiger partial charge in [-0.2, -0.15) is 0 Å². The number of para-hydroxylation sites is 1. The number of anilines is 3. The zero-order valence-electron chi connectivity index (χ0n) is 23.1. The van der Waals surface area contributed by atoms with E-state index in [-0.39, 0.29) is 59.2 Å². The lowest BCUT2D eigenvalue weighted by molar-refractivity contribution is 0.0699. The molecule has 0 bridgehead atoms. The number of fused-ring (bicyclic) bond motifs is 1. The summed E-state index contributed by atoms with van der Waals surface area (Å²) in [5, 5.41) is 10.3.